The number of hydrogen-bond acceptors (Lipinski definition) is 3. The highest BCUT2D eigenvalue weighted by Crippen LogP contribution is 2.37. The van der Waals surface area contributed by atoms with Crippen LogP contribution in [-0.4, -0.2) is 32.6 Å². The number of carbonyl (C=O) groups excluding carboxylic acids is 1. The lowest BCUT2D eigenvalue weighted by Crippen LogP contribution is -2.39. The molecule has 1 aliphatic rings. The summed E-state index contributed by atoms with van der Waals surface area (Å²) in [5.41, 5.74) is 3.01. The zero-order valence-corrected chi connectivity index (χ0v) is 14.3. The maximum atomic E-state index is 12.3. The van der Waals surface area contributed by atoms with E-state index < -0.39 is 5.41 Å². The molecule has 0 radical (unpaired) electrons. The third-order valence-corrected chi connectivity index (χ3v) is 5.01. The largest absolute Gasteiger partial charge is 0.378 e. The van der Waals surface area contributed by atoms with Gasteiger partial charge in [-0.3, -0.25) is 0 Å². The minimum Gasteiger partial charge on any atom is -0.378 e. The molecule has 0 aromatic heterocycles. The third kappa shape index (κ3) is 3.36. The van der Waals surface area contributed by atoms with Gasteiger partial charge in [-0.1, -0.05) is 55.5 Å². The maximum Gasteiger partial charge on any atom is 0.130 e. The number of aldehydes is 1. The number of carbonyl (C=O) groups is 1. The highest BCUT2D eigenvalue weighted by Gasteiger charge is 2.33. The van der Waals surface area contributed by atoms with E-state index in [-0.39, 0.29) is 0 Å². The summed E-state index contributed by atoms with van der Waals surface area (Å²) in [5.74, 6) is 0. The second-order valence-corrected chi connectivity index (χ2v) is 6.41. The lowest BCUT2D eigenvalue weighted by molar-refractivity contribution is -0.112. The first kappa shape index (κ1) is 16.7. The summed E-state index contributed by atoms with van der Waals surface area (Å²) >= 11 is 0. The average Bonchev–Trinajstić information content (AvgIpc) is 2.68. The topological polar surface area (TPSA) is 29.5 Å². The molecule has 3 nitrogen and oxygen atoms in total. The summed E-state index contributed by atoms with van der Waals surface area (Å²) in [6.07, 6.45) is 2.67. The predicted octanol–water partition coefficient (Wildman–Crippen LogP) is 3.61. The Hall–Kier alpha value is -2.13. The van der Waals surface area contributed by atoms with Crippen LogP contribution in [0.1, 0.15) is 24.5 Å². The monoisotopic (exact) mass is 323 g/mol. The standard InChI is InChI=1S/C21H25NO2/c1-2-21(17-23,16-18-8-4-3-5-9-18)19-10-6-7-11-20(19)22-12-14-24-15-13-22/h3-11,17H,2,12-16H2,1H3. The van der Waals surface area contributed by atoms with Crippen molar-refractivity contribution in [2.75, 3.05) is 31.2 Å². The molecule has 1 aliphatic heterocycles. The molecule has 0 spiro atoms. The number of anilines is 1. The van der Waals surface area contributed by atoms with Gasteiger partial charge >= 0.3 is 0 Å². The Morgan fingerprint density at radius 2 is 1.71 bits per heavy atom. The molecule has 0 amide bonds. The molecule has 1 heterocycles. The SMILES string of the molecule is CCC(C=O)(Cc1ccccc1)c1ccccc1N1CCOCC1. The minimum absolute atomic E-state index is 0.490. The van der Waals surface area contributed by atoms with Crippen molar-refractivity contribution in [2.24, 2.45) is 0 Å². The molecule has 126 valence electrons. The van der Waals surface area contributed by atoms with E-state index in [1.165, 1.54) is 11.3 Å². The van der Waals surface area contributed by atoms with Crippen molar-refractivity contribution >= 4 is 12.0 Å². The van der Waals surface area contributed by atoms with Gasteiger partial charge < -0.3 is 14.4 Å². The number of hydrogen-bond donors (Lipinski definition) is 0. The molecule has 2 aromatic rings. The molecule has 0 aliphatic carbocycles. The molecule has 1 atom stereocenters. The van der Waals surface area contributed by atoms with Crippen LogP contribution in [0.3, 0.4) is 0 Å². The summed E-state index contributed by atoms with van der Waals surface area (Å²) in [5, 5.41) is 0. The molecule has 1 fully saturated rings. The number of rotatable bonds is 6. The summed E-state index contributed by atoms with van der Waals surface area (Å²) in [7, 11) is 0. The number of nitrogens with zero attached hydrogens (tertiary/aromatic N) is 1. The van der Waals surface area contributed by atoms with Crippen molar-refractivity contribution in [3.8, 4) is 0 Å². The van der Waals surface area contributed by atoms with E-state index in [0.717, 1.165) is 51.0 Å². The van der Waals surface area contributed by atoms with Gasteiger partial charge in [0, 0.05) is 18.8 Å². The highest BCUT2D eigenvalue weighted by atomic mass is 16.5. The highest BCUT2D eigenvalue weighted by molar-refractivity contribution is 5.75. The Bertz CT molecular complexity index is 665. The maximum absolute atomic E-state index is 12.3. The van der Waals surface area contributed by atoms with Crippen LogP contribution < -0.4 is 4.90 Å². The Labute approximate surface area is 144 Å². The number of para-hydroxylation sites is 1. The lowest BCUT2D eigenvalue weighted by atomic mass is 9.74. The molecule has 0 N–H and O–H groups in total. The average molecular weight is 323 g/mol. The van der Waals surface area contributed by atoms with Crippen LogP contribution in [0.5, 0.6) is 0 Å². The molecular formula is C21H25NO2. The van der Waals surface area contributed by atoms with Crippen LogP contribution in [-0.2, 0) is 21.4 Å². The fraction of sp³-hybridized carbons (Fsp3) is 0.381. The molecule has 0 saturated carbocycles. The van der Waals surface area contributed by atoms with Crippen molar-refractivity contribution in [1.82, 2.24) is 0 Å². The van der Waals surface area contributed by atoms with Crippen LogP contribution in [0.4, 0.5) is 5.69 Å². The Balaban J connectivity index is 2.00. The van der Waals surface area contributed by atoms with Gasteiger partial charge in [0.25, 0.3) is 0 Å². The van der Waals surface area contributed by atoms with E-state index in [2.05, 4.69) is 42.2 Å². The normalized spacial score (nSPS) is 17.3. The van der Waals surface area contributed by atoms with E-state index in [9.17, 15) is 4.79 Å². The summed E-state index contributed by atoms with van der Waals surface area (Å²) in [6.45, 7) is 5.34. The van der Waals surface area contributed by atoms with Crippen LogP contribution in [0, 0.1) is 0 Å². The van der Waals surface area contributed by atoms with Crippen molar-refractivity contribution in [1.29, 1.82) is 0 Å². The number of ether oxygens (including phenoxy) is 1. The van der Waals surface area contributed by atoms with Crippen molar-refractivity contribution in [3.05, 3.63) is 65.7 Å². The van der Waals surface area contributed by atoms with Gasteiger partial charge in [0.1, 0.15) is 6.29 Å². The van der Waals surface area contributed by atoms with Crippen LogP contribution in [0.2, 0.25) is 0 Å². The fourth-order valence-corrected chi connectivity index (χ4v) is 3.53. The number of morpholine rings is 1. The number of benzene rings is 2. The van der Waals surface area contributed by atoms with E-state index in [4.69, 9.17) is 4.74 Å². The molecule has 1 saturated heterocycles. The van der Waals surface area contributed by atoms with E-state index >= 15 is 0 Å². The van der Waals surface area contributed by atoms with Crippen LogP contribution in [0.15, 0.2) is 54.6 Å². The zero-order chi connectivity index (χ0) is 16.8. The van der Waals surface area contributed by atoms with Crippen molar-refractivity contribution < 1.29 is 9.53 Å². The first-order valence-corrected chi connectivity index (χ1v) is 8.71. The fourth-order valence-electron chi connectivity index (χ4n) is 3.53. The predicted molar refractivity (Wildman–Crippen MR) is 97.7 cm³/mol. The molecule has 3 rings (SSSR count). The smallest absolute Gasteiger partial charge is 0.130 e. The van der Waals surface area contributed by atoms with Gasteiger partial charge in [-0.25, -0.2) is 0 Å². The molecule has 24 heavy (non-hydrogen) atoms. The van der Waals surface area contributed by atoms with Gasteiger partial charge in [0.15, 0.2) is 0 Å². The lowest BCUT2D eigenvalue weighted by Gasteiger charge is -2.36. The van der Waals surface area contributed by atoms with Gasteiger partial charge in [-0.05, 0) is 30.0 Å². The molecule has 2 aromatic carbocycles. The first-order valence-electron chi connectivity index (χ1n) is 8.71. The molecule has 3 heteroatoms. The Morgan fingerprint density at radius 1 is 1.04 bits per heavy atom. The summed E-state index contributed by atoms with van der Waals surface area (Å²) in [4.78, 5) is 14.6. The first-order chi connectivity index (χ1) is 11.8. The van der Waals surface area contributed by atoms with Crippen molar-refractivity contribution in [3.63, 3.8) is 0 Å². The van der Waals surface area contributed by atoms with Crippen LogP contribution in [0.25, 0.3) is 0 Å². The van der Waals surface area contributed by atoms with E-state index in [0.29, 0.717) is 0 Å². The quantitative estimate of drug-likeness (QED) is 0.761. The summed E-state index contributed by atoms with van der Waals surface area (Å²) in [6, 6.07) is 18.6. The van der Waals surface area contributed by atoms with Gasteiger partial charge in [-0.2, -0.15) is 0 Å². The van der Waals surface area contributed by atoms with E-state index in [1.54, 1.807) is 0 Å². The zero-order valence-electron chi connectivity index (χ0n) is 14.3. The Kier molecular flexibility index (Phi) is 5.31. The third-order valence-electron chi connectivity index (χ3n) is 5.01. The van der Waals surface area contributed by atoms with Gasteiger partial charge in [-0.15, -0.1) is 0 Å². The molecule has 0 bridgehead atoms. The second kappa shape index (κ2) is 7.63. The second-order valence-electron chi connectivity index (χ2n) is 6.41. The van der Waals surface area contributed by atoms with E-state index in [1.807, 2.05) is 24.3 Å². The molecular weight excluding hydrogens is 298 g/mol. The minimum atomic E-state index is -0.490. The summed E-state index contributed by atoms with van der Waals surface area (Å²) < 4.78 is 5.48. The van der Waals surface area contributed by atoms with Crippen LogP contribution >= 0.6 is 0 Å². The molecule has 1 unspecified atom stereocenters. The van der Waals surface area contributed by atoms with Gasteiger partial charge in [0.05, 0.1) is 18.6 Å². The van der Waals surface area contributed by atoms with Crippen molar-refractivity contribution in [2.45, 2.75) is 25.2 Å². The van der Waals surface area contributed by atoms with Gasteiger partial charge in [0.2, 0.25) is 0 Å². The Morgan fingerprint density at radius 3 is 2.38 bits per heavy atom.